The second-order valence-corrected chi connectivity index (χ2v) is 5.56. The Kier molecular flexibility index (Phi) is 4.77. The predicted molar refractivity (Wildman–Crippen MR) is 76.0 cm³/mol. The first-order valence-corrected chi connectivity index (χ1v) is 7.12. The zero-order chi connectivity index (χ0) is 14.5. The Morgan fingerprint density at radius 2 is 1.95 bits per heavy atom. The van der Waals surface area contributed by atoms with Gasteiger partial charge < -0.3 is 10.0 Å². The maximum absolute atomic E-state index is 12.4. The summed E-state index contributed by atoms with van der Waals surface area (Å²) in [5, 5.41) is 8.71. The molecule has 1 aromatic rings. The number of carbonyl (C=O) groups excluding carboxylic acids is 1. The van der Waals surface area contributed by atoms with E-state index >= 15 is 0 Å². The first-order valence-electron chi connectivity index (χ1n) is 7.12. The molecule has 20 heavy (non-hydrogen) atoms. The van der Waals surface area contributed by atoms with E-state index in [1.54, 1.807) is 0 Å². The number of hydrogen-bond donors (Lipinski definition) is 1. The van der Waals surface area contributed by atoms with Crippen molar-refractivity contribution in [3.63, 3.8) is 0 Å². The quantitative estimate of drug-likeness (QED) is 0.832. The largest absolute Gasteiger partial charge is 0.481 e. The van der Waals surface area contributed by atoms with Gasteiger partial charge in [0, 0.05) is 25.4 Å². The minimum atomic E-state index is -0.808. The molecule has 0 spiro atoms. The highest BCUT2D eigenvalue weighted by Gasteiger charge is 2.41. The summed E-state index contributed by atoms with van der Waals surface area (Å²) in [5.74, 6) is -0.0209. The van der Waals surface area contributed by atoms with Gasteiger partial charge in [-0.25, -0.2) is 0 Å². The first-order chi connectivity index (χ1) is 9.58. The molecule has 0 aromatic heterocycles. The van der Waals surface area contributed by atoms with E-state index in [2.05, 4.69) is 6.92 Å². The van der Waals surface area contributed by atoms with Crippen LogP contribution >= 0.6 is 0 Å². The van der Waals surface area contributed by atoms with E-state index in [0.717, 1.165) is 12.0 Å². The number of carboxylic acids is 1. The molecular formula is C16H21NO3. The normalized spacial score (nSPS) is 20.4. The van der Waals surface area contributed by atoms with Crippen LogP contribution in [0.3, 0.4) is 0 Å². The van der Waals surface area contributed by atoms with Gasteiger partial charge in [0.1, 0.15) is 0 Å². The zero-order valence-corrected chi connectivity index (χ0v) is 11.8. The highest BCUT2D eigenvalue weighted by atomic mass is 16.4. The maximum atomic E-state index is 12.4. The molecule has 1 amide bonds. The molecule has 1 saturated carbocycles. The number of hydrogen-bond acceptors (Lipinski definition) is 2. The van der Waals surface area contributed by atoms with Gasteiger partial charge in [0.05, 0.1) is 0 Å². The maximum Gasteiger partial charge on any atom is 0.303 e. The molecule has 4 nitrogen and oxygen atoms in total. The average Bonchev–Trinajstić information content (AvgIpc) is 3.15. The lowest BCUT2D eigenvalue weighted by Gasteiger charge is -2.23. The van der Waals surface area contributed by atoms with Crippen molar-refractivity contribution in [3.8, 4) is 0 Å². The fourth-order valence-corrected chi connectivity index (χ4v) is 2.39. The standard InChI is InChI=1S/C16H21NO3/c1-12-10-14(12)16(20)17(9-5-8-15(18)19)11-13-6-3-2-4-7-13/h2-4,6-7,12,14H,5,8-11H2,1H3,(H,18,19)/t12-,14+/m0/s1. The van der Waals surface area contributed by atoms with Gasteiger partial charge in [0.2, 0.25) is 5.91 Å². The Balaban J connectivity index is 1.96. The molecule has 0 aliphatic heterocycles. The second kappa shape index (κ2) is 6.55. The lowest BCUT2D eigenvalue weighted by Crippen LogP contribution is -2.33. The third-order valence-electron chi connectivity index (χ3n) is 3.77. The molecule has 0 bridgehead atoms. The topological polar surface area (TPSA) is 57.6 Å². The van der Waals surface area contributed by atoms with Gasteiger partial charge in [-0.15, -0.1) is 0 Å². The summed E-state index contributed by atoms with van der Waals surface area (Å²) in [7, 11) is 0. The van der Waals surface area contributed by atoms with Crippen molar-refractivity contribution < 1.29 is 14.7 Å². The van der Waals surface area contributed by atoms with Crippen LogP contribution in [0.2, 0.25) is 0 Å². The van der Waals surface area contributed by atoms with Gasteiger partial charge in [-0.3, -0.25) is 9.59 Å². The van der Waals surface area contributed by atoms with E-state index in [4.69, 9.17) is 5.11 Å². The molecule has 1 fully saturated rings. The molecule has 2 atom stereocenters. The monoisotopic (exact) mass is 275 g/mol. The summed E-state index contributed by atoms with van der Waals surface area (Å²) in [6.45, 7) is 3.17. The van der Waals surface area contributed by atoms with Gasteiger partial charge in [-0.1, -0.05) is 37.3 Å². The van der Waals surface area contributed by atoms with E-state index in [1.165, 1.54) is 0 Å². The SMILES string of the molecule is C[C@H]1C[C@H]1C(=O)N(CCCC(=O)O)Cc1ccccc1. The number of amides is 1. The van der Waals surface area contributed by atoms with Crippen molar-refractivity contribution in [2.75, 3.05) is 6.54 Å². The smallest absolute Gasteiger partial charge is 0.303 e. The molecule has 1 aromatic carbocycles. The number of nitrogens with zero attached hydrogens (tertiary/aromatic N) is 1. The molecule has 0 saturated heterocycles. The van der Waals surface area contributed by atoms with E-state index < -0.39 is 5.97 Å². The highest BCUT2D eigenvalue weighted by molar-refractivity contribution is 5.81. The van der Waals surface area contributed by atoms with Crippen molar-refractivity contribution in [2.24, 2.45) is 11.8 Å². The molecule has 2 rings (SSSR count). The van der Waals surface area contributed by atoms with Crippen LogP contribution in [0.4, 0.5) is 0 Å². The molecule has 4 heteroatoms. The van der Waals surface area contributed by atoms with Crippen LogP contribution in [0.5, 0.6) is 0 Å². The molecule has 0 unspecified atom stereocenters. The second-order valence-electron chi connectivity index (χ2n) is 5.56. The van der Waals surface area contributed by atoms with Crippen LogP contribution in [-0.4, -0.2) is 28.4 Å². The lowest BCUT2D eigenvalue weighted by molar-refractivity contribution is -0.138. The minimum Gasteiger partial charge on any atom is -0.481 e. The van der Waals surface area contributed by atoms with Crippen LogP contribution in [0.1, 0.15) is 31.7 Å². The number of carboxylic acid groups (broad SMARTS) is 1. The van der Waals surface area contributed by atoms with E-state index in [-0.39, 0.29) is 18.2 Å². The molecule has 1 aliphatic rings. The molecule has 108 valence electrons. The summed E-state index contributed by atoms with van der Waals surface area (Å²) < 4.78 is 0. The minimum absolute atomic E-state index is 0.110. The summed E-state index contributed by atoms with van der Waals surface area (Å²) in [4.78, 5) is 24.8. The summed E-state index contributed by atoms with van der Waals surface area (Å²) in [5.41, 5.74) is 1.09. The zero-order valence-electron chi connectivity index (χ0n) is 11.8. The van der Waals surface area contributed by atoms with Crippen molar-refractivity contribution in [1.29, 1.82) is 0 Å². The lowest BCUT2D eigenvalue weighted by atomic mass is 10.2. The van der Waals surface area contributed by atoms with Crippen LogP contribution in [-0.2, 0) is 16.1 Å². The third-order valence-corrected chi connectivity index (χ3v) is 3.77. The number of carbonyl (C=O) groups is 2. The van der Waals surface area contributed by atoms with Gasteiger partial charge in [0.25, 0.3) is 0 Å². The van der Waals surface area contributed by atoms with Gasteiger partial charge in [-0.2, -0.15) is 0 Å². The molecular weight excluding hydrogens is 254 g/mol. The number of rotatable bonds is 7. The fourth-order valence-electron chi connectivity index (χ4n) is 2.39. The number of benzene rings is 1. The predicted octanol–water partition coefficient (Wildman–Crippen LogP) is 2.54. The molecule has 0 radical (unpaired) electrons. The average molecular weight is 275 g/mol. The van der Waals surface area contributed by atoms with Crippen LogP contribution in [0.15, 0.2) is 30.3 Å². The van der Waals surface area contributed by atoms with Gasteiger partial charge >= 0.3 is 5.97 Å². The summed E-state index contributed by atoms with van der Waals surface area (Å²) in [6.07, 6.45) is 1.58. The van der Waals surface area contributed by atoms with Gasteiger partial charge in [0.15, 0.2) is 0 Å². The van der Waals surface area contributed by atoms with E-state index in [1.807, 2.05) is 35.2 Å². The van der Waals surface area contributed by atoms with Crippen molar-refractivity contribution in [3.05, 3.63) is 35.9 Å². The van der Waals surface area contributed by atoms with Crippen LogP contribution in [0, 0.1) is 11.8 Å². The van der Waals surface area contributed by atoms with Crippen molar-refractivity contribution in [1.82, 2.24) is 4.90 Å². The molecule has 1 aliphatic carbocycles. The Hall–Kier alpha value is -1.84. The van der Waals surface area contributed by atoms with Crippen molar-refractivity contribution in [2.45, 2.75) is 32.7 Å². The Bertz CT molecular complexity index is 472. The highest BCUT2D eigenvalue weighted by Crippen LogP contribution is 2.39. The van der Waals surface area contributed by atoms with Gasteiger partial charge in [-0.05, 0) is 24.3 Å². The Morgan fingerprint density at radius 1 is 1.30 bits per heavy atom. The van der Waals surface area contributed by atoms with Crippen molar-refractivity contribution >= 4 is 11.9 Å². The third kappa shape index (κ3) is 4.08. The van der Waals surface area contributed by atoms with Crippen LogP contribution in [0.25, 0.3) is 0 Å². The molecule has 1 N–H and O–H groups in total. The Labute approximate surface area is 119 Å². The first kappa shape index (κ1) is 14.6. The summed E-state index contributed by atoms with van der Waals surface area (Å²) in [6, 6.07) is 9.84. The van der Waals surface area contributed by atoms with Crippen LogP contribution < -0.4 is 0 Å². The summed E-state index contributed by atoms with van der Waals surface area (Å²) >= 11 is 0. The number of aliphatic carboxylic acids is 1. The fraction of sp³-hybridized carbons (Fsp3) is 0.500. The van der Waals surface area contributed by atoms with E-state index in [9.17, 15) is 9.59 Å². The molecule has 0 heterocycles. The Morgan fingerprint density at radius 3 is 2.50 bits per heavy atom. The van der Waals surface area contributed by atoms with E-state index in [0.29, 0.717) is 25.4 Å².